The highest BCUT2D eigenvalue weighted by molar-refractivity contribution is 7.20. The van der Waals surface area contributed by atoms with Gasteiger partial charge in [0.05, 0.1) is 27.4 Å². The fourth-order valence-corrected chi connectivity index (χ4v) is 5.00. The molecule has 1 aliphatic heterocycles. The van der Waals surface area contributed by atoms with E-state index in [4.69, 9.17) is 0 Å². The zero-order valence-corrected chi connectivity index (χ0v) is 17.9. The molecule has 0 spiro atoms. The number of H-pyrrole nitrogens is 1. The summed E-state index contributed by atoms with van der Waals surface area (Å²) in [6, 6.07) is 15.0. The molecule has 2 aromatic carbocycles. The molecule has 2 aromatic heterocycles. The van der Waals surface area contributed by atoms with E-state index in [1.54, 1.807) is 19.1 Å². The van der Waals surface area contributed by atoms with E-state index >= 15 is 0 Å². The standard InChI is InChI=1S/C23H20N4O3S/c1-3-14-8-10-15(11-9-14)26-19(28)12-16(21(26)29)20-13(2)25-27(22(20)30)23-24-17-6-4-5-7-18(17)31-23/h4-11,16,25H,3,12H2,1-2H3/t16-/m1/s1. The van der Waals surface area contributed by atoms with Crippen LogP contribution in [0, 0.1) is 6.92 Å². The molecule has 0 unspecified atom stereocenters. The van der Waals surface area contributed by atoms with Crippen LogP contribution in [0.1, 0.15) is 36.1 Å². The van der Waals surface area contributed by atoms with Crippen molar-refractivity contribution >= 4 is 39.1 Å². The number of aromatic amines is 1. The third-order valence-corrected chi connectivity index (χ3v) is 6.71. The Labute approximate surface area is 181 Å². The van der Waals surface area contributed by atoms with Crippen LogP contribution in [0.2, 0.25) is 0 Å². The summed E-state index contributed by atoms with van der Waals surface area (Å²) in [5.74, 6) is -1.48. The summed E-state index contributed by atoms with van der Waals surface area (Å²) in [6.45, 7) is 3.79. The molecule has 31 heavy (non-hydrogen) atoms. The van der Waals surface area contributed by atoms with Gasteiger partial charge in [-0.15, -0.1) is 0 Å². The molecule has 3 heterocycles. The Morgan fingerprint density at radius 2 is 1.84 bits per heavy atom. The third-order valence-electron chi connectivity index (χ3n) is 5.69. The van der Waals surface area contributed by atoms with E-state index in [0.717, 1.165) is 22.2 Å². The van der Waals surface area contributed by atoms with Crippen molar-refractivity contribution < 1.29 is 9.59 Å². The van der Waals surface area contributed by atoms with Gasteiger partial charge >= 0.3 is 0 Å². The normalized spacial score (nSPS) is 16.6. The van der Waals surface area contributed by atoms with Gasteiger partial charge in [-0.2, -0.15) is 4.68 Å². The van der Waals surface area contributed by atoms with Crippen LogP contribution in [0.3, 0.4) is 0 Å². The molecule has 1 atom stereocenters. The first-order chi connectivity index (χ1) is 15.0. The number of hydrogen-bond acceptors (Lipinski definition) is 5. The summed E-state index contributed by atoms with van der Waals surface area (Å²) >= 11 is 1.39. The molecule has 0 bridgehead atoms. The van der Waals surface area contributed by atoms with E-state index in [-0.39, 0.29) is 23.8 Å². The van der Waals surface area contributed by atoms with Crippen molar-refractivity contribution in [3.8, 4) is 5.13 Å². The van der Waals surface area contributed by atoms with Crippen LogP contribution in [-0.2, 0) is 16.0 Å². The van der Waals surface area contributed by atoms with Gasteiger partial charge in [-0.1, -0.05) is 42.5 Å². The van der Waals surface area contributed by atoms with Crippen LogP contribution < -0.4 is 10.5 Å². The lowest BCUT2D eigenvalue weighted by atomic mass is 9.98. The molecule has 1 fully saturated rings. The van der Waals surface area contributed by atoms with E-state index in [0.29, 0.717) is 22.1 Å². The molecule has 8 heteroatoms. The maximum Gasteiger partial charge on any atom is 0.277 e. The highest BCUT2D eigenvalue weighted by Gasteiger charge is 2.43. The first kappa shape index (κ1) is 19.4. The number of para-hydroxylation sites is 1. The number of rotatable bonds is 4. The molecule has 2 amide bonds. The summed E-state index contributed by atoms with van der Waals surface area (Å²) < 4.78 is 2.33. The largest absolute Gasteiger partial charge is 0.293 e. The van der Waals surface area contributed by atoms with E-state index in [1.165, 1.54) is 20.9 Å². The average molecular weight is 433 g/mol. The molecule has 7 nitrogen and oxygen atoms in total. The summed E-state index contributed by atoms with van der Waals surface area (Å²) in [5, 5.41) is 3.55. The fraction of sp³-hybridized carbons (Fsp3) is 0.217. The average Bonchev–Trinajstić information content (AvgIpc) is 3.41. The van der Waals surface area contributed by atoms with Crippen LogP contribution in [0.5, 0.6) is 0 Å². The van der Waals surface area contributed by atoms with Gasteiger partial charge in [0.15, 0.2) is 0 Å². The zero-order valence-electron chi connectivity index (χ0n) is 17.1. The predicted molar refractivity (Wildman–Crippen MR) is 120 cm³/mol. The first-order valence-corrected chi connectivity index (χ1v) is 10.9. The maximum atomic E-state index is 13.2. The topological polar surface area (TPSA) is 88.1 Å². The smallest absolute Gasteiger partial charge is 0.277 e. The minimum absolute atomic E-state index is 0.0257. The second-order valence-corrected chi connectivity index (χ2v) is 8.61. The SMILES string of the molecule is CCc1ccc(N2C(=O)C[C@H](c3c(C)[nH]n(-c4nc5ccccc5s4)c3=O)C2=O)cc1. The second-order valence-electron chi connectivity index (χ2n) is 7.60. The van der Waals surface area contributed by atoms with Gasteiger partial charge in [0.25, 0.3) is 5.56 Å². The molecule has 0 saturated carbocycles. The Morgan fingerprint density at radius 3 is 2.55 bits per heavy atom. The molecule has 1 N–H and O–H groups in total. The van der Waals surface area contributed by atoms with E-state index in [9.17, 15) is 14.4 Å². The molecule has 1 aliphatic rings. The minimum atomic E-state index is -0.808. The number of hydrogen-bond donors (Lipinski definition) is 1. The number of carbonyl (C=O) groups is 2. The Kier molecular flexibility index (Phi) is 4.59. The lowest BCUT2D eigenvalue weighted by Gasteiger charge is -2.15. The van der Waals surface area contributed by atoms with Crippen LogP contribution in [0.4, 0.5) is 5.69 Å². The molecule has 5 rings (SSSR count). The number of benzene rings is 2. The number of aromatic nitrogens is 3. The minimum Gasteiger partial charge on any atom is -0.293 e. The number of amides is 2. The van der Waals surface area contributed by atoms with E-state index < -0.39 is 5.92 Å². The maximum absolute atomic E-state index is 13.2. The van der Waals surface area contributed by atoms with Gasteiger partial charge in [-0.25, -0.2) is 4.98 Å². The Morgan fingerprint density at radius 1 is 1.10 bits per heavy atom. The molecule has 0 aliphatic carbocycles. The van der Waals surface area contributed by atoms with Crippen molar-refractivity contribution in [2.24, 2.45) is 0 Å². The van der Waals surface area contributed by atoms with E-state index in [1.807, 2.05) is 43.3 Å². The Balaban J connectivity index is 1.52. The predicted octanol–water partition coefficient (Wildman–Crippen LogP) is 3.69. The molecule has 4 aromatic rings. The van der Waals surface area contributed by atoms with Crippen molar-refractivity contribution in [3.05, 3.63) is 75.7 Å². The number of carbonyl (C=O) groups excluding carboxylic acids is 2. The van der Waals surface area contributed by atoms with Gasteiger partial charge in [-0.3, -0.25) is 24.4 Å². The Hall–Kier alpha value is -3.52. The Bertz CT molecular complexity index is 1350. The van der Waals surface area contributed by atoms with Crippen LogP contribution >= 0.6 is 11.3 Å². The summed E-state index contributed by atoms with van der Waals surface area (Å²) in [4.78, 5) is 44.9. The zero-order chi connectivity index (χ0) is 21.7. The van der Waals surface area contributed by atoms with Gasteiger partial charge < -0.3 is 0 Å². The van der Waals surface area contributed by atoms with E-state index in [2.05, 4.69) is 10.1 Å². The highest BCUT2D eigenvalue weighted by Crippen LogP contribution is 2.33. The second kappa shape index (κ2) is 7.31. The van der Waals surface area contributed by atoms with Gasteiger partial charge in [0.1, 0.15) is 0 Å². The summed E-state index contributed by atoms with van der Waals surface area (Å²) in [7, 11) is 0. The van der Waals surface area contributed by atoms with Crippen LogP contribution in [0.25, 0.3) is 15.3 Å². The fourth-order valence-electron chi connectivity index (χ4n) is 4.07. The number of fused-ring (bicyclic) bond motifs is 1. The monoisotopic (exact) mass is 432 g/mol. The molecular formula is C23H20N4O3S. The van der Waals surface area contributed by atoms with Crippen LogP contribution in [-0.4, -0.2) is 26.6 Å². The third kappa shape index (κ3) is 3.11. The van der Waals surface area contributed by atoms with Crippen molar-refractivity contribution in [3.63, 3.8) is 0 Å². The highest BCUT2D eigenvalue weighted by atomic mass is 32.1. The number of aryl methyl sites for hydroxylation is 2. The van der Waals surface area contributed by atoms with Gasteiger partial charge in [-0.05, 0) is 43.2 Å². The van der Waals surface area contributed by atoms with Crippen molar-refractivity contribution in [2.75, 3.05) is 4.90 Å². The number of nitrogens with one attached hydrogen (secondary N) is 1. The lowest BCUT2D eigenvalue weighted by Crippen LogP contribution is -2.31. The summed E-state index contributed by atoms with van der Waals surface area (Å²) in [5.41, 5.74) is 3.01. The number of imide groups is 1. The van der Waals surface area contributed by atoms with Crippen molar-refractivity contribution in [1.82, 2.24) is 14.8 Å². The molecular weight excluding hydrogens is 412 g/mol. The van der Waals surface area contributed by atoms with Gasteiger partial charge in [0.2, 0.25) is 16.9 Å². The number of nitrogens with zero attached hydrogens (tertiary/aromatic N) is 3. The molecule has 156 valence electrons. The molecule has 1 saturated heterocycles. The first-order valence-electron chi connectivity index (χ1n) is 10.1. The summed E-state index contributed by atoms with van der Waals surface area (Å²) in [6.07, 6.45) is 0.848. The van der Waals surface area contributed by atoms with Crippen molar-refractivity contribution in [1.29, 1.82) is 0 Å². The lowest BCUT2D eigenvalue weighted by molar-refractivity contribution is -0.121. The quantitative estimate of drug-likeness (QED) is 0.498. The van der Waals surface area contributed by atoms with Gasteiger partial charge in [0, 0.05) is 12.1 Å². The molecule has 0 radical (unpaired) electrons. The van der Waals surface area contributed by atoms with Crippen LogP contribution in [0.15, 0.2) is 53.3 Å². The number of thiazole rings is 1. The van der Waals surface area contributed by atoms with Crippen molar-refractivity contribution in [2.45, 2.75) is 32.6 Å². The number of anilines is 1.